The third kappa shape index (κ3) is 6.36. The van der Waals surface area contributed by atoms with E-state index in [-0.39, 0.29) is 29.7 Å². The maximum absolute atomic E-state index is 12.9. The summed E-state index contributed by atoms with van der Waals surface area (Å²) in [6, 6.07) is 6.70. The van der Waals surface area contributed by atoms with Crippen LogP contribution in [0.4, 0.5) is 11.9 Å². The highest BCUT2D eigenvalue weighted by Gasteiger charge is 2.24. The van der Waals surface area contributed by atoms with E-state index < -0.39 is 16.0 Å². The molecule has 1 aromatic heterocycles. The van der Waals surface area contributed by atoms with Crippen LogP contribution in [0.25, 0.3) is 0 Å². The molecule has 32 heavy (non-hydrogen) atoms. The molecule has 2 N–H and O–H groups in total. The second-order valence-corrected chi connectivity index (χ2v) is 9.87. The first-order chi connectivity index (χ1) is 15.3. The van der Waals surface area contributed by atoms with Crippen LogP contribution >= 0.6 is 0 Å². The number of nitrogens with zero attached hydrogens (tertiary/aromatic N) is 5. The van der Waals surface area contributed by atoms with Crippen molar-refractivity contribution in [2.45, 2.75) is 50.0 Å². The average Bonchev–Trinajstić information content (AvgIpc) is 3.06. The Morgan fingerprint density at radius 2 is 1.72 bits per heavy atom. The molecule has 2 heterocycles. The summed E-state index contributed by atoms with van der Waals surface area (Å²) in [4.78, 5) is 26.2. The van der Waals surface area contributed by atoms with E-state index in [0.29, 0.717) is 25.5 Å². The van der Waals surface area contributed by atoms with Gasteiger partial charge in [-0.25, -0.2) is 8.42 Å². The van der Waals surface area contributed by atoms with Crippen LogP contribution in [-0.2, 0) is 32.6 Å². The van der Waals surface area contributed by atoms with Crippen molar-refractivity contribution in [1.29, 1.82) is 0 Å². The number of nitrogens with two attached hydrogens (primary N) is 1. The highest BCUT2D eigenvalue weighted by atomic mass is 32.2. The van der Waals surface area contributed by atoms with Gasteiger partial charge in [-0.1, -0.05) is 25.0 Å². The molecule has 174 valence electrons. The molecular formula is C21H30N6O4S. The summed E-state index contributed by atoms with van der Waals surface area (Å²) in [5.41, 5.74) is 6.52. The van der Waals surface area contributed by atoms with Crippen LogP contribution in [0.3, 0.4) is 0 Å². The minimum atomic E-state index is -3.48. The summed E-state index contributed by atoms with van der Waals surface area (Å²) >= 11 is 0. The molecule has 0 unspecified atom stereocenters. The molecule has 11 heteroatoms. The number of benzene rings is 1. The fourth-order valence-electron chi connectivity index (χ4n) is 3.41. The van der Waals surface area contributed by atoms with Crippen LogP contribution in [0.5, 0.6) is 0 Å². The van der Waals surface area contributed by atoms with Crippen LogP contribution in [0, 0.1) is 0 Å². The van der Waals surface area contributed by atoms with Crippen molar-refractivity contribution >= 4 is 27.9 Å². The summed E-state index contributed by atoms with van der Waals surface area (Å²) in [7, 11) is 0.0688. The third-order valence-electron chi connectivity index (χ3n) is 5.19. The van der Waals surface area contributed by atoms with Crippen molar-refractivity contribution < 1.29 is 17.9 Å². The van der Waals surface area contributed by atoms with Crippen molar-refractivity contribution in [1.82, 2.24) is 19.3 Å². The predicted octanol–water partition coefficient (Wildman–Crippen LogP) is 1.76. The van der Waals surface area contributed by atoms with Gasteiger partial charge in [0.25, 0.3) is 0 Å². The quantitative estimate of drug-likeness (QED) is 0.583. The molecule has 0 amide bonds. The Labute approximate surface area is 188 Å². The first-order valence-electron chi connectivity index (χ1n) is 10.7. The Kier molecular flexibility index (Phi) is 7.97. The van der Waals surface area contributed by atoms with Crippen molar-refractivity contribution in [3.8, 4) is 0 Å². The number of esters is 1. The zero-order valence-electron chi connectivity index (χ0n) is 18.5. The van der Waals surface area contributed by atoms with Gasteiger partial charge in [0.05, 0.1) is 4.90 Å². The van der Waals surface area contributed by atoms with Gasteiger partial charge >= 0.3 is 5.97 Å². The zero-order valence-corrected chi connectivity index (χ0v) is 19.3. The van der Waals surface area contributed by atoms with Crippen LogP contribution < -0.4 is 10.6 Å². The summed E-state index contributed by atoms with van der Waals surface area (Å²) < 4.78 is 32.5. The van der Waals surface area contributed by atoms with Gasteiger partial charge in [0.15, 0.2) is 12.4 Å². The SMILES string of the molecule is CN(C)c1nc(N)nc(COC(=O)CCc2ccc(S(=O)(=O)N3CCCCCC3)cc2)n1. The number of rotatable bonds is 8. The van der Waals surface area contributed by atoms with Crippen molar-refractivity contribution in [2.24, 2.45) is 0 Å². The van der Waals surface area contributed by atoms with Gasteiger partial charge in [-0.05, 0) is 37.0 Å². The van der Waals surface area contributed by atoms with E-state index in [1.165, 1.54) is 0 Å². The Morgan fingerprint density at radius 3 is 2.34 bits per heavy atom. The van der Waals surface area contributed by atoms with Crippen LogP contribution in [-0.4, -0.2) is 60.8 Å². The van der Waals surface area contributed by atoms with Crippen LogP contribution in [0.15, 0.2) is 29.2 Å². The minimum absolute atomic E-state index is 0.0602. The van der Waals surface area contributed by atoms with Crippen LogP contribution in [0.1, 0.15) is 43.5 Å². The number of hydrogen-bond donors (Lipinski definition) is 1. The first kappa shape index (κ1) is 23.9. The number of ether oxygens (including phenoxy) is 1. The van der Waals surface area contributed by atoms with E-state index in [9.17, 15) is 13.2 Å². The van der Waals surface area contributed by atoms with E-state index in [1.54, 1.807) is 47.6 Å². The Hall–Kier alpha value is -2.79. The molecule has 1 saturated heterocycles. The number of carbonyl (C=O) groups excluding carboxylic acids is 1. The van der Waals surface area contributed by atoms with E-state index in [1.807, 2.05) is 0 Å². The Bertz CT molecular complexity index is 1020. The number of aryl methyl sites for hydroxylation is 1. The standard InChI is InChI=1S/C21H30N6O4S/c1-26(2)21-24-18(23-20(22)25-21)15-31-19(28)12-9-16-7-10-17(11-8-16)32(29,30)27-13-5-3-4-6-14-27/h7-8,10-11H,3-6,9,12-15H2,1-2H3,(H2,22,23,24,25). The third-order valence-corrected chi connectivity index (χ3v) is 7.11. The maximum Gasteiger partial charge on any atom is 0.306 e. The minimum Gasteiger partial charge on any atom is -0.457 e. The first-order valence-corrected chi connectivity index (χ1v) is 12.1. The zero-order chi connectivity index (χ0) is 23.1. The summed E-state index contributed by atoms with van der Waals surface area (Å²) in [6.45, 7) is 1.04. The number of anilines is 2. The van der Waals surface area contributed by atoms with Gasteiger partial charge in [-0.3, -0.25) is 4.79 Å². The fourth-order valence-corrected chi connectivity index (χ4v) is 4.93. The van der Waals surface area contributed by atoms with Crippen molar-refractivity contribution in [3.63, 3.8) is 0 Å². The average molecular weight is 463 g/mol. The smallest absolute Gasteiger partial charge is 0.306 e. The van der Waals surface area contributed by atoms with Gasteiger partial charge in [0.2, 0.25) is 21.9 Å². The summed E-state index contributed by atoms with van der Waals surface area (Å²) in [6.07, 6.45) is 4.52. The largest absolute Gasteiger partial charge is 0.457 e. The highest BCUT2D eigenvalue weighted by molar-refractivity contribution is 7.89. The fraction of sp³-hybridized carbons (Fsp3) is 0.524. The van der Waals surface area contributed by atoms with Gasteiger partial charge < -0.3 is 15.4 Å². The molecule has 0 saturated carbocycles. The monoisotopic (exact) mass is 462 g/mol. The molecule has 0 radical (unpaired) electrons. The molecule has 0 spiro atoms. The molecule has 0 atom stereocenters. The number of aromatic nitrogens is 3. The second kappa shape index (κ2) is 10.7. The number of sulfonamides is 1. The normalized spacial score (nSPS) is 15.2. The molecule has 1 aromatic carbocycles. The Morgan fingerprint density at radius 1 is 1.06 bits per heavy atom. The number of hydrogen-bond acceptors (Lipinski definition) is 9. The molecule has 1 fully saturated rings. The Balaban J connectivity index is 1.52. The molecule has 1 aliphatic heterocycles. The lowest BCUT2D eigenvalue weighted by molar-refractivity contribution is -0.145. The lowest BCUT2D eigenvalue weighted by atomic mass is 10.1. The van der Waals surface area contributed by atoms with E-state index >= 15 is 0 Å². The predicted molar refractivity (Wildman–Crippen MR) is 120 cm³/mol. The molecule has 10 nitrogen and oxygen atoms in total. The molecule has 3 rings (SSSR count). The highest BCUT2D eigenvalue weighted by Crippen LogP contribution is 2.21. The summed E-state index contributed by atoms with van der Waals surface area (Å²) in [5.74, 6) is 0.318. The second-order valence-electron chi connectivity index (χ2n) is 7.93. The van der Waals surface area contributed by atoms with Gasteiger partial charge in [0.1, 0.15) is 0 Å². The maximum atomic E-state index is 12.9. The molecule has 0 bridgehead atoms. The van der Waals surface area contributed by atoms with E-state index in [0.717, 1.165) is 31.2 Å². The van der Waals surface area contributed by atoms with Gasteiger partial charge in [-0.15, -0.1) is 0 Å². The van der Waals surface area contributed by atoms with Crippen LogP contribution in [0.2, 0.25) is 0 Å². The number of nitrogen functional groups attached to an aromatic ring is 1. The van der Waals surface area contributed by atoms with Gasteiger partial charge in [0, 0.05) is 33.6 Å². The number of carbonyl (C=O) groups is 1. The van der Waals surface area contributed by atoms with Crippen molar-refractivity contribution in [2.75, 3.05) is 37.8 Å². The van der Waals surface area contributed by atoms with E-state index in [2.05, 4.69) is 15.0 Å². The summed E-state index contributed by atoms with van der Waals surface area (Å²) in [5, 5.41) is 0. The lowest BCUT2D eigenvalue weighted by Crippen LogP contribution is -2.31. The van der Waals surface area contributed by atoms with E-state index in [4.69, 9.17) is 10.5 Å². The molecular weight excluding hydrogens is 432 g/mol. The van der Waals surface area contributed by atoms with Crippen molar-refractivity contribution in [3.05, 3.63) is 35.7 Å². The molecule has 1 aliphatic rings. The topological polar surface area (TPSA) is 132 Å². The molecule has 2 aromatic rings. The van der Waals surface area contributed by atoms with Gasteiger partial charge in [-0.2, -0.15) is 19.3 Å². The molecule has 0 aliphatic carbocycles. The lowest BCUT2D eigenvalue weighted by Gasteiger charge is -2.20.